The fourth-order valence-electron chi connectivity index (χ4n) is 2.77. The van der Waals surface area contributed by atoms with E-state index < -0.39 is 23.5 Å². The van der Waals surface area contributed by atoms with Crippen LogP contribution in [-0.4, -0.2) is 35.7 Å². The van der Waals surface area contributed by atoms with Crippen molar-refractivity contribution in [1.29, 1.82) is 0 Å². The molecule has 1 aliphatic rings. The van der Waals surface area contributed by atoms with Crippen molar-refractivity contribution >= 4 is 11.9 Å². The molecule has 0 aliphatic heterocycles. The van der Waals surface area contributed by atoms with Crippen LogP contribution in [0.5, 0.6) is 5.75 Å². The Hall–Kier alpha value is -2.08. The van der Waals surface area contributed by atoms with Crippen molar-refractivity contribution in [2.75, 3.05) is 7.11 Å². The Labute approximate surface area is 135 Å². The molecule has 126 valence electrons. The third-order valence-corrected chi connectivity index (χ3v) is 4.23. The molecule has 0 heterocycles. The van der Waals surface area contributed by atoms with Gasteiger partial charge in [0.1, 0.15) is 17.4 Å². The summed E-state index contributed by atoms with van der Waals surface area (Å²) in [5, 5.41) is 12.1. The topological polar surface area (TPSA) is 84.9 Å². The van der Waals surface area contributed by atoms with Crippen LogP contribution in [-0.2, 0) is 20.9 Å². The Balaban J connectivity index is 1.90. The van der Waals surface area contributed by atoms with Gasteiger partial charge in [0.2, 0.25) is 5.91 Å². The van der Waals surface area contributed by atoms with Gasteiger partial charge in [0.05, 0.1) is 13.7 Å². The van der Waals surface area contributed by atoms with Gasteiger partial charge in [-0.15, -0.1) is 0 Å². The smallest absolute Gasteiger partial charge is 0.329 e. The minimum Gasteiger partial charge on any atom is -0.497 e. The number of nitrogens with one attached hydrogen (secondary N) is 1. The summed E-state index contributed by atoms with van der Waals surface area (Å²) < 4.78 is 10.7. The summed E-state index contributed by atoms with van der Waals surface area (Å²) in [6, 6.07) is 7.39. The second-order valence-electron chi connectivity index (χ2n) is 5.89. The summed E-state index contributed by atoms with van der Waals surface area (Å²) in [5.41, 5.74) is -0.247. The van der Waals surface area contributed by atoms with Crippen molar-refractivity contribution in [3.05, 3.63) is 29.8 Å². The minimum absolute atomic E-state index is 0.256. The van der Waals surface area contributed by atoms with Crippen LogP contribution in [0.15, 0.2) is 24.3 Å². The van der Waals surface area contributed by atoms with Crippen molar-refractivity contribution < 1.29 is 24.2 Å². The maximum absolute atomic E-state index is 12.2. The third-order valence-electron chi connectivity index (χ3n) is 4.23. The molecular formula is C17H23NO5. The van der Waals surface area contributed by atoms with Gasteiger partial charge in [-0.05, 0) is 37.5 Å². The van der Waals surface area contributed by atoms with Crippen LogP contribution in [0.3, 0.4) is 0 Å². The van der Waals surface area contributed by atoms with Crippen LogP contribution in [0.4, 0.5) is 0 Å². The van der Waals surface area contributed by atoms with Gasteiger partial charge in [0.25, 0.3) is 0 Å². The first-order valence-corrected chi connectivity index (χ1v) is 7.77. The van der Waals surface area contributed by atoms with Gasteiger partial charge in [-0.1, -0.05) is 25.0 Å². The molecule has 6 nitrogen and oxygen atoms in total. The lowest BCUT2D eigenvalue weighted by atomic mass is 9.97. The number of hydrogen-bond donors (Lipinski definition) is 2. The van der Waals surface area contributed by atoms with Crippen LogP contribution >= 0.6 is 0 Å². The first kappa shape index (κ1) is 17.3. The van der Waals surface area contributed by atoms with E-state index >= 15 is 0 Å². The monoisotopic (exact) mass is 321 g/mol. The van der Waals surface area contributed by atoms with Gasteiger partial charge in [-0.3, -0.25) is 4.79 Å². The summed E-state index contributed by atoms with van der Waals surface area (Å²) in [5.74, 6) is -0.639. The van der Waals surface area contributed by atoms with Crippen LogP contribution < -0.4 is 10.1 Å². The summed E-state index contributed by atoms with van der Waals surface area (Å²) in [6.45, 7) is 1.88. The van der Waals surface area contributed by atoms with E-state index in [0.29, 0.717) is 12.8 Å². The van der Waals surface area contributed by atoms with Gasteiger partial charge < -0.3 is 19.9 Å². The van der Waals surface area contributed by atoms with Crippen molar-refractivity contribution in [3.63, 3.8) is 0 Å². The van der Waals surface area contributed by atoms with Gasteiger partial charge in [-0.25, -0.2) is 4.79 Å². The molecule has 0 aromatic heterocycles. The average Bonchev–Trinajstić information content (AvgIpc) is 3.02. The molecule has 0 bridgehead atoms. The van der Waals surface area contributed by atoms with Crippen molar-refractivity contribution in [1.82, 2.24) is 5.32 Å². The quantitative estimate of drug-likeness (QED) is 0.803. The molecular weight excluding hydrogens is 298 g/mol. The van der Waals surface area contributed by atoms with E-state index in [1.54, 1.807) is 14.0 Å². The number of aliphatic carboxylic acids is 1. The SMILES string of the molecule is COc1cccc(COC(C)C(=O)NC2(C(=O)O)CCCC2)c1. The summed E-state index contributed by atoms with van der Waals surface area (Å²) >= 11 is 0. The third kappa shape index (κ3) is 4.22. The van der Waals surface area contributed by atoms with Crippen molar-refractivity contribution in [3.8, 4) is 5.75 Å². The van der Waals surface area contributed by atoms with Gasteiger partial charge in [0.15, 0.2) is 0 Å². The molecule has 1 fully saturated rings. The van der Waals surface area contributed by atoms with E-state index in [9.17, 15) is 14.7 Å². The van der Waals surface area contributed by atoms with Gasteiger partial charge in [-0.2, -0.15) is 0 Å². The number of rotatable bonds is 7. The number of carbonyl (C=O) groups excluding carboxylic acids is 1. The molecule has 1 aromatic rings. The van der Waals surface area contributed by atoms with Crippen LogP contribution in [0.25, 0.3) is 0 Å². The molecule has 2 N–H and O–H groups in total. The molecule has 0 saturated heterocycles. The fraction of sp³-hybridized carbons (Fsp3) is 0.529. The fourth-order valence-corrected chi connectivity index (χ4v) is 2.77. The number of carboxylic acid groups (broad SMARTS) is 1. The summed E-state index contributed by atoms with van der Waals surface area (Å²) in [6.07, 6.45) is 1.84. The highest BCUT2D eigenvalue weighted by atomic mass is 16.5. The maximum Gasteiger partial charge on any atom is 0.329 e. The number of benzene rings is 1. The van der Waals surface area contributed by atoms with Crippen molar-refractivity contribution in [2.24, 2.45) is 0 Å². The molecule has 0 spiro atoms. The maximum atomic E-state index is 12.2. The van der Waals surface area contributed by atoms with Crippen LogP contribution in [0.1, 0.15) is 38.2 Å². The molecule has 6 heteroatoms. The first-order valence-electron chi connectivity index (χ1n) is 7.77. The predicted octanol–water partition coefficient (Wildman–Crippen LogP) is 2.11. The molecule has 1 amide bonds. The number of carbonyl (C=O) groups is 2. The summed E-state index contributed by atoms with van der Waals surface area (Å²) in [7, 11) is 1.59. The lowest BCUT2D eigenvalue weighted by Gasteiger charge is -2.27. The lowest BCUT2D eigenvalue weighted by molar-refractivity contribution is -0.149. The highest BCUT2D eigenvalue weighted by Gasteiger charge is 2.43. The molecule has 1 saturated carbocycles. The lowest BCUT2D eigenvalue weighted by Crippen LogP contribution is -2.55. The standard InChI is InChI=1S/C17H23NO5/c1-12(23-11-13-6-5-7-14(10-13)22-2)15(19)18-17(16(20)21)8-3-4-9-17/h5-7,10,12H,3-4,8-9,11H2,1-2H3,(H,18,19)(H,20,21). The van der Waals surface area contributed by atoms with Crippen molar-refractivity contribution in [2.45, 2.75) is 50.9 Å². The van der Waals surface area contributed by atoms with Crippen LogP contribution in [0, 0.1) is 0 Å². The van der Waals surface area contributed by atoms with Gasteiger partial charge in [0, 0.05) is 0 Å². The normalized spacial score (nSPS) is 17.5. The first-order chi connectivity index (χ1) is 11.0. The Kier molecular flexibility index (Phi) is 5.60. The molecule has 1 unspecified atom stereocenters. The largest absolute Gasteiger partial charge is 0.497 e. The molecule has 0 radical (unpaired) electrons. The Bertz CT molecular complexity index is 566. The highest BCUT2D eigenvalue weighted by molar-refractivity contribution is 5.89. The number of methoxy groups -OCH3 is 1. The number of hydrogen-bond acceptors (Lipinski definition) is 4. The summed E-state index contributed by atoms with van der Waals surface area (Å²) in [4.78, 5) is 23.7. The Morgan fingerprint density at radius 1 is 1.35 bits per heavy atom. The Morgan fingerprint density at radius 2 is 2.04 bits per heavy atom. The zero-order chi connectivity index (χ0) is 16.9. The second-order valence-corrected chi connectivity index (χ2v) is 5.89. The molecule has 1 atom stereocenters. The number of ether oxygens (including phenoxy) is 2. The van der Waals surface area contributed by atoms with Gasteiger partial charge >= 0.3 is 5.97 Å². The van der Waals surface area contributed by atoms with Crippen LogP contribution in [0.2, 0.25) is 0 Å². The number of carboxylic acids is 1. The predicted molar refractivity (Wildman–Crippen MR) is 84.2 cm³/mol. The zero-order valence-corrected chi connectivity index (χ0v) is 13.5. The highest BCUT2D eigenvalue weighted by Crippen LogP contribution is 2.30. The van der Waals surface area contributed by atoms with E-state index in [-0.39, 0.29) is 6.61 Å². The Morgan fingerprint density at radius 3 is 2.65 bits per heavy atom. The van der Waals surface area contributed by atoms with E-state index in [2.05, 4.69) is 5.32 Å². The molecule has 2 rings (SSSR count). The molecule has 1 aromatic carbocycles. The minimum atomic E-state index is -1.13. The average molecular weight is 321 g/mol. The van der Waals surface area contributed by atoms with E-state index in [4.69, 9.17) is 9.47 Å². The van der Waals surface area contributed by atoms with E-state index in [0.717, 1.165) is 24.2 Å². The second kappa shape index (κ2) is 7.46. The molecule has 23 heavy (non-hydrogen) atoms. The zero-order valence-electron chi connectivity index (χ0n) is 13.5. The molecule has 1 aliphatic carbocycles. The number of amides is 1. The van der Waals surface area contributed by atoms with E-state index in [1.807, 2.05) is 24.3 Å². The van der Waals surface area contributed by atoms with E-state index in [1.165, 1.54) is 0 Å².